The van der Waals surface area contributed by atoms with E-state index in [4.69, 9.17) is 14.6 Å². The highest BCUT2D eigenvalue weighted by atomic mass is 16.5. The van der Waals surface area contributed by atoms with Gasteiger partial charge >= 0.3 is 6.03 Å². The predicted octanol–water partition coefficient (Wildman–Crippen LogP) is 9.05. The minimum Gasteiger partial charge on any atom is -0.494 e. The highest BCUT2D eigenvalue weighted by Crippen LogP contribution is 2.34. The Morgan fingerprint density at radius 1 is 0.872 bits per heavy atom. The zero-order chi connectivity index (χ0) is 32.6. The van der Waals surface area contributed by atoms with Crippen molar-refractivity contribution < 1.29 is 14.3 Å². The van der Waals surface area contributed by atoms with E-state index in [0.717, 1.165) is 58.4 Å². The highest BCUT2D eigenvalue weighted by molar-refractivity contribution is 6.07. The van der Waals surface area contributed by atoms with Gasteiger partial charge in [-0.3, -0.25) is 5.32 Å². The van der Waals surface area contributed by atoms with Crippen molar-refractivity contribution >= 4 is 39.9 Å². The number of carbonyl (C=O) groups excluding carboxylic acids is 1. The topological polar surface area (TPSA) is 115 Å². The predicted molar refractivity (Wildman–Crippen MR) is 187 cm³/mol. The largest absolute Gasteiger partial charge is 0.494 e. The summed E-state index contributed by atoms with van der Waals surface area (Å²) in [6.45, 7) is 6.75. The molecule has 2 aromatic heterocycles. The second kappa shape index (κ2) is 14.5. The van der Waals surface area contributed by atoms with E-state index in [2.05, 4.69) is 32.8 Å². The molecule has 0 saturated carbocycles. The SMILES string of the molecule is CCCCc1cc(NC(=O)Nc2ccc(Oc3ccnc(Nc4ccc(OCC)cc4)n3)c3ccccc23)n(-c2ccc(C)cc2)n1. The van der Waals surface area contributed by atoms with Gasteiger partial charge in [0.05, 0.1) is 23.7 Å². The second-order valence-electron chi connectivity index (χ2n) is 11.0. The summed E-state index contributed by atoms with van der Waals surface area (Å²) in [5, 5.41) is 15.7. The van der Waals surface area contributed by atoms with Crippen LogP contribution >= 0.6 is 0 Å². The van der Waals surface area contributed by atoms with Gasteiger partial charge in [0.1, 0.15) is 17.3 Å². The second-order valence-corrected chi connectivity index (χ2v) is 11.0. The Kier molecular flexibility index (Phi) is 9.57. The van der Waals surface area contributed by atoms with Crippen LogP contribution in [-0.4, -0.2) is 32.4 Å². The van der Waals surface area contributed by atoms with Crippen molar-refractivity contribution in [2.24, 2.45) is 0 Å². The fourth-order valence-electron chi connectivity index (χ4n) is 5.12. The number of urea groups is 1. The molecule has 10 heteroatoms. The van der Waals surface area contributed by atoms with E-state index in [0.29, 0.717) is 35.7 Å². The summed E-state index contributed by atoms with van der Waals surface area (Å²) in [7, 11) is 0. The Morgan fingerprint density at radius 2 is 1.66 bits per heavy atom. The minimum absolute atomic E-state index is 0.375. The number of aryl methyl sites for hydroxylation is 2. The maximum absolute atomic E-state index is 13.4. The molecule has 4 aromatic carbocycles. The van der Waals surface area contributed by atoms with Crippen molar-refractivity contribution in [2.75, 3.05) is 22.6 Å². The molecule has 0 spiro atoms. The van der Waals surface area contributed by atoms with E-state index >= 15 is 0 Å². The number of ether oxygens (including phenoxy) is 2. The molecule has 3 N–H and O–H groups in total. The third kappa shape index (κ3) is 7.67. The van der Waals surface area contributed by atoms with Crippen LogP contribution in [0.1, 0.15) is 37.9 Å². The van der Waals surface area contributed by atoms with E-state index in [1.54, 1.807) is 16.9 Å². The number of hydrogen-bond acceptors (Lipinski definition) is 7. The molecule has 10 nitrogen and oxygen atoms in total. The summed E-state index contributed by atoms with van der Waals surface area (Å²) in [5.41, 5.74) is 4.42. The molecular weight excluding hydrogens is 590 g/mol. The average molecular weight is 628 g/mol. The van der Waals surface area contributed by atoms with Crippen molar-refractivity contribution in [1.82, 2.24) is 19.7 Å². The van der Waals surface area contributed by atoms with Gasteiger partial charge in [-0.15, -0.1) is 0 Å². The molecule has 0 bridgehead atoms. The molecule has 6 aromatic rings. The highest BCUT2D eigenvalue weighted by Gasteiger charge is 2.15. The van der Waals surface area contributed by atoms with Gasteiger partial charge in [-0.25, -0.2) is 14.5 Å². The zero-order valence-electron chi connectivity index (χ0n) is 26.7. The molecule has 0 fully saturated rings. The van der Waals surface area contributed by atoms with Crippen LogP contribution in [-0.2, 0) is 6.42 Å². The lowest BCUT2D eigenvalue weighted by Crippen LogP contribution is -2.21. The van der Waals surface area contributed by atoms with Crippen LogP contribution in [0.5, 0.6) is 17.4 Å². The van der Waals surface area contributed by atoms with Gasteiger partial charge in [0, 0.05) is 34.8 Å². The van der Waals surface area contributed by atoms with E-state index in [1.807, 2.05) is 105 Å². The Hall–Kier alpha value is -5.90. The lowest BCUT2D eigenvalue weighted by Gasteiger charge is -2.14. The maximum atomic E-state index is 13.4. The summed E-state index contributed by atoms with van der Waals surface area (Å²) in [5.74, 6) is 2.76. The molecule has 0 atom stereocenters. The number of nitrogens with zero attached hydrogens (tertiary/aromatic N) is 4. The Morgan fingerprint density at radius 3 is 2.43 bits per heavy atom. The molecule has 0 unspecified atom stereocenters. The van der Waals surface area contributed by atoms with Gasteiger partial charge in [-0.05, 0) is 75.2 Å². The van der Waals surface area contributed by atoms with Crippen LogP contribution in [0.15, 0.2) is 103 Å². The van der Waals surface area contributed by atoms with Crippen molar-refractivity contribution in [3.05, 3.63) is 115 Å². The number of amides is 2. The van der Waals surface area contributed by atoms with Gasteiger partial charge in [0.25, 0.3) is 0 Å². The van der Waals surface area contributed by atoms with Gasteiger partial charge in [0.2, 0.25) is 11.8 Å². The first kappa shape index (κ1) is 31.1. The maximum Gasteiger partial charge on any atom is 0.324 e. The van der Waals surface area contributed by atoms with Gasteiger partial charge in [-0.2, -0.15) is 10.1 Å². The number of hydrogen-bond donors (Lipinski definition) is 3. The van der Waals surface area contributed by atoms with Crippen molar-refractivity contribution in [3.63, 3.8) is 0 Å². The van der Waals surface area contributed by atoms with Crippen LogP contribution in [0.3, 0.4) is 0 Å². The molecule has 2 amide bonds. The zero-order valence-corrected chi connectivity index (χ0v) is 26.7. The van der Waals surface area contributed by atoms with Crippen LogP contribution in [0.4, 0.5) is 27.9 Å². The van der Waals surface area contributed by atoms with E-state index in [1.165, 1.54) is 0 Å². The third-order valence-corrected chi connectivity index (χ3v) is 7.46. The number of unbranched alkanes of at least 4 members (excludes halogenated alkanes) is 1. The Labute approximate surface area is 273 Å². The van der Waals surface area contributed by atoms with Crippen molar-refractivity contribution in [2.45, 2.75) is 40.0 Å². The molecule has 0 aliphatic carbocycles. The number of fused-ring (bicyclic) bond motifs is 1. The third-order valence-electron chi connectivity index (χ3n) is 7.46. The molecule has 47 heavy (non-hydrogen) atoms. The number of nitrogens with one attached hydrogen (secondary N) is 3. The Balaban J connectivity index is 1.19. The summed E-state index contributed by atoms with van der Waals surface area (Å²) in [4.78, 5) is 22.2. The normalized spacial score (nSPS) is 10.9. The van der Waals surface area contributed by atoms with Crippen molar-refractivity contribution in [3.8, 4) is 23.1 Å². The number of carbonyl (C=O) groups is 1. The molecule has 2 heterocycles. The summed E-state index contributed by atoms with van der Waals surface area (Å²) >= 11 is 0. The molecule has 0 saturated heterocycles. The number of anilines is 4. The summed E-state index contributed by atoms with van der Waals surface area (Å²) in [6, 6.07) is 30.3. The number of benzene rings is 4. The van der Waals surface area contributed by atoms with Gasteiger partial charge in [-0.1, -0.05) is 55.3 Å². The van der Waals surface area contributed by atoms with E-state index in [-0.39, 0.29) is 6.03 Å². The quantitative estimate of drug-likeness (QED) is 0.124. The molecular formula is C37H37N7O3. The fraction of sp³-hybridized carbons (Fsp3) is 0.189. The van der Waals surface area contributed by atoms with Gasteiger partial charge < -0.3 is 20.1 Å². The van der Waals surface area contributed by atoms with Crippen LogP contribution in [0.25, 0.3) is 16.5 Å². The molecule has 238 valence electrons. The van der Waals surface area contributed by atoms with Crippen LogP contribution in [0, 0.1) is 6.92 Å². The van der Waals surface area contributed by atoms with E-state index in [9.17, 15) is 4.79 Å². The first-order valence-corrected chi connectivity index (χ1v) is 15.8. The first-order valence-electron chi connectivity index (χ1n) is 15.8. The lowest BCUT2D eigenvalue weighted by atomic mass is 10.1. The van der Waals surface area contributed by atoms with Gasteiger partial charge in [0.15, 0.2) is 0 Å². The standard InChI is InChI=1S/C37H37N7O3/c1-4-6-9-27-24-34(44(43-27)28-16-12-25(3)13-17-28)41-37(45)40-32-20-21-33(31-11-8-7-10-30(31)32)47-35-22-23-38-36(42-35)39-26-14-18-29(19-15-26)46-5-2/h7-8,10-24H,4-6,9H2,1-3H3,(H,38,39,42)(H2,40,41,45). The average Bonchev–Trinajstić information content (AvgIpc) is 3.48. The summed E-state index contributed by atoms with van der Waals surface area (Å²) in [6.07, 6.45) is 4.55. The van der Waals surface area contributed by atoms with Crippen LogP contribution in [0.2, 0.25) is 0 Å². The van der Waals surface area contributed by atoms with Crippen LogP contribution < -0.4 is 25.4 Å². The fourth-order valence-corrected chi connectivity index (χ4v) is 5.12. The minimum atomic E-state index is -0.375. The lowest BCUT2D eigenvalue weighted by molar-refractivity contribution is 0.262. The first-order chi connectivity index (χ1) is 23.0. The molecule has 0 aliphatic rings. The number of aromatic nitrogens is 4. The number of rotatable bonds is 12. The Bertz CT molecular complexity index is 1970. The molecule has 0 aliphatic heterocycles. The monoisotopic (exact) mass is 627 g/mol. The van der Waals surface area contributed by atoms with E-state index < -0.39 is 0 Å². The smallest absolute Gasteiger partial charge is 0.324 e. The van der Waals surface area contributed by atoms with Crippen molar-refractivity contribution in [1.29, 1.82) is 0 Å². The molecule has 0 radical (unpaired) electrons. The summed E-state index contributed by atoms with van der Waals surface area (Å²) < 4.78 is 13.5. The molecule has 6 rings (SSSR count).